The van der Waals surface area contributed by atoms with Crippen LogP contribution in [0.3, 0.4) is 0 Å². The summed E-state index contributed by atoms with van der Waals surface area (Å²) in [5.41, 5.74) is 0. The molecule has 0 heterocycles. The van der Waals surface area contributed by atoms with E-state index in [9.17, 15) is 4.79 Å². The lowest BCUT2D eigenvalue weighted by atomic mass is 9.96. The van der Waals surface area contributed by atoms with Gasteiger partial charge in [0.15, 0.2) is 6.07 Å². The number of hydrogen-bond donors (Lipinski definition) is 0. The summed E-state index contributed by atoms with van der Waals surface area (Å²) >= 11 is 0. The summed E-state index contributed by atoms with van der Waals surface area (Å²) in [5, 5.41) is 8.72. The van der Waals surface area contributed by atoms with E-state index in [-0.39, 0.29) is 18.1 Å². The highest BCUT2D eigenvalue weighted by Gasteiger charge is 2.30. The summed E-state index contributed by atoms with van der Waals surface area (Å²) in [7, 11) is 3.20. The molecule has 0 aliphatic carbocycles. The molecule has 0 rings (SSSR count). The average Bonchev–Trinajstić information content (AvgIpc) is 2.40. The summed E-state index contributed by atoms with van der Waals surface area (Å²) < 4.78 is 5.39. The van der Waals surface area contributed by atoms with Gasteiger partial charge in [0.2, 0.25) is 0 Å². The van der Waals surface area contributed by atoms with Gasteiger partial charge in [0.25, 0.3) is 0 Å². The number of nitriles is 1. The van der Waals surface area contributed by atoms with Crippen molar-refractivity contribution in [3.8, 4) is 17.9 Å². The number of hydrogen-bond acceptors (Lipinski definition) is 3. The van der Waals surface area contributed by atoms with E-state index in [0.29, 0.717) is 0 Å². The molecule has 0 bridgehead atoms. The van der Waals surface area contributed by atoms with Crippen LogP contribution in [0.25, 0.3) is 0 Å². The van der Waals surface area contributed by atoms with E-state index in [1.54, 1.807) is 20.2 Å². The Hall–Kier alpha value is -1.52. The highest BCUT2D eigenvalue weighted by molar-refractivity contribution is 5.91. The zero-order valence-corrected chi connectivity index (χ0v) is 12.6. The summed E-state index contributed by atoms with van der Waals surface area (Å²) in [6.45, 7) is 6.10. The minimum atomic E-state index is -0.559. The van der Waals surface area contributed by atoms with Gasteiger partial charge in [-0.05, 0) is 12.3 Å². The van der Waals surface area contributed by atoms with E-state index in [1.165, 1.54) is 4.90 Å². The van der Waals surface area contributed by atoms with E-state index in [4.69, 9.17) is 10.00 Å². The molecule has 2 atom stereocenters. The van der Waals surface area contributed by atoms with E-state index >= 15 is 0 Å². The number of amides is 1. The Labute approximate surface area is 116 Å². The highest BCUT2D eigenvalue weighted by atomic mass is 16.5. The summed E-state index contributed by atoms with van der Waals surface area (Å²) in [4.78, 5) is 12.9. The fraction of sp³-hybridized carbons (Fsp3) is 0.733. The van der Waals surface area contributed by atoms with E-state index in [0.717, 1.165) is 19.3 Å². The zero-order valence-electron chi connectivity index (χ0n) is 12.6. The standard InChI is InChI=1S/C15H24N2O2/c1-6-7-8-9-10-13(19-5)15(12(2)3)17(4)14(18)11-16/h12-13,15H,6-8H2,1-5H3/t13-,15-/m0/s1. The van der Waals surface area contributed by atoms with Crippen molar-refractivity contribution in [2.75, 3.05) is 14.2 Å². The van der Waals surface area contributed by atoms with Gasteiger partial charge in [-0.15, -0.1) is 5.92 Å². The second-order valence-corrected chi connectivity index (χ2v) is 4.84. The molecule has 0 aromatic rings. The fourth-order valence-electron chi connectivity index (χ4n) is 1.94. The van der Waals surface area contributed by atoms with Gasteiger partial charge in [-0.1, -0.05) is 33.1 Å². The molecule has 0 aromatic carbocycles. The number of likely N-dealkylation sites (N-methyl/N-ethyl adjacent to an activating group) is 1. The molecule has 4 nitrogen and oxygen atoms in total. The molecule has 0 saturated heterocycles. The van der Waals surface area contributed by atoms with Crippen molar-refractivity contribution in [2.24, 2.45) is 5.92 Å². The van der Waals surface area contributed by atoms with Crippen molar-refractivity contribution in [2.45, 2.75) is 52.2 Å². The first-order chi connectivity index (χ1) is 8.99. The van der Waals surface area contributed by atoms with Gasteiger partial charge >= 0.3 is 5.91 Å². The molecule has 0 saturated carbocycles. The lowest BCUT2D eigenvalue weighted by Crippen LogP contribution is -2.47. The van der Waals surface area contributed by atoms with Gasteiger partial charge in [-0.25, -0.2) is 0 Å². The molecular weight excluding hydrogens is 240 g/mol. The smallest absolute Gasteiger partial charge is 0.325 e. The Kier molecular flexibility index (Phi) is 8.66. The van der Waals surface area contributed by atoms with Crippen molar-refractivity contribution >= 4 is 5.91 Å². The number of unbranched alkanes of at least 4 members (excludes halogenated alkanes) is 2. The Morgan fingerprint density at radius 3 is 2.47 bits per heavy atom. The second kappa shape index (κ2) is 9.42. The molecule has 0 N–H and O–H groups in total. The third-order valence-corrected chi connectivity index (χ3v) is 3.01. The first kappa shape index (κ1) is 17.5. The molecule has 1 amide bonds. The normalized spacial score (nSPS) is 13.1. The van der Waals surface area contributed by atoms with Crippen LogP contribution in [0.4, 0.5) is 0 Å². The van der Waals surface area contributed by atoms with E-state index in [1.807, 2.05) is 13.8 Å². The largest absolute Gasteiger partial charge is 0.367 e. The number of carbonyl (C=O) groups is 1. The molecule has 0 unspecified atom stereocenters. The summed E-state index contributed by atoms with van der Waals surface area (Å²) in [6, 6.07) is 1.42. The van der Waals surface area contributed by atoms with Gasteiger partial charge in [0.05, 0.1) is 6.04 Å². The minimum Gasteiger partial charge on any atom is -0.367 e. The van der Waals surface area contributed by atoms with Gasteiger partial charge in [-0.3, -0.25) is 4.79 Å². The maximum atomic E-state index is 11.5. The quantitative estimate of drug-likeness (QED) is 0.420. The molecule has 4 heteroatoms. The predicted octanol–water partition coefficient (Wildman–Crippen LogP) is 2.20. The van der Waals surface area contributed by atoms with Crippen LogP contribution in [0.5, 0.6) is 0 Å². The van der Waals surface area contributed by atoms with Gasteiger partial charge in [0.1, 0.15) is 6.10 Å². The van der Waals surface area contributed by atoms with Crippen LogP contribution in [0.1, 0.15) is 40.0 Å². The monoisotopic (exact) mass is 264 g/mol. The molecule has 0 spiro atoms. The minimum absolute atomic E-state index is 0.160. The van der Waals surface area contributed by atoms with Crippen LogP contribution in [0, 0.1) is 29.1 Å². The molecule has 0 aliphatic rings. The average molecular weight is 264 g/mol. The predicted molar refractivity (Wildman–Crippen MR) is 75.1 cm³/mol. The van der Waals surface area contributed by atoms with E-state index < -0.39 is 5.91 Å². The van der Waals surface area contributed by atoms with Crippen LogP contribution >= 0.6 is 0 Å². The summed E-state index contributed by atoms with van der Waals surface area (Å²) in [5.74, 6) is 5.76. The second-order valence-electron chi connectivity index (χ2n) is 4.84. The fourth-order valence-corrected chi connectivity index (χ4v) is 1.94. The van der Waals surface area contributed by atoms with E-state index in [2.05, 4.69) is 18.8 Å². The van der Waals surface area contributed by atoms with Gasteiger partial charge in [0, 0.05) is 20.6 Å². The third kappa shape index (κ3) is 5.77. The van der Waals surface area contributed by atoms with Crippen molar-refractivity contribution in [3.63, 3.8) is 0 Å². The first-order valence-corrected chi connectivity index (χ1v) is 6.67. The summed E-state index contributed by atoms with van der Waals surface area (Å²) in [6.07, 6.45) is 2.63. The Morgan fingerprint density at radius 1 is 1.42 bits per heavy atom. The number of methoxy groups -OCH3 is 1. The zero-order chi connectivity index (χ0) is 14.8. The molecule has 19 heavy (non-hydrogen) atoms. The molecule has 0 aliphatic heterocycles. The Bertz CT molecular complexity index is 374. The lowest BCUT2D eigenvalue weighted by Gasteiger charge is -2.32. The van der Waals surface area contributed by atoms with Crippen LogP contribution in [-0.4, -0.2) is 37.1 Å². The first-order valence-electron chi connectivity index (χ1n) is 6.67. The third-order valence-electron chi connectivity index (χ3n) is 3.01. The van der Waals surface area contributed by atoms with Gasteiger partial charge in [-0.2, -0.15) is 5.26 Å². The van der Waals surface area contributed by atoms with Crippen LogP contribution in [-0.2, 0) is 9.53 Å². The molecule has 0 aromatic heterocycles. The van der Waals surface area contributed by atoms with Gasteiger partial charge < -0.3 is 9.64 Å². The number of ether oxygens (including phenoxy) is 1. The molecule has 106 valence electrons. The Balaban J connectivity index is 4.95. The lowest BCUT2D eigenvalue weighted by molar-refractivity contribution is -0.129. The highest BCUT2D eigenvalue weighted by Crippen LogP contribution is 2.15. The van der Waals surface area contributed by atoms with Crippen LogP contribution in [0.2, 0.25) is 0 Å². The maximum Gasteiger partial charge on any atom is 0.325 e. The number of rotatable bonds is 6. The number of nitrogens with zero attached hydrogens (tertiary/aromatic N) is 2. The molecule has 0 fully saturated rings. The van der Waals surface area contributed by atoms with Crippen LogP contribution in [0.15, 0.2) is 0 Å². The van der Waals surface area contributed by atoms with Crippen LogP contribution < -0.4 is 0 Å². The topological polar surface area (TPSA) is 53.3 Å². The van der Waals surface area contributed by atoms with Crippen molar-refractivity contribution in [1.29, 1.82) is 5.26 Å². The Morgan fingerprint density at radius 2 is 2.05 bits per heavy atom. The molecule has 0 radical (unpaired) electrons. The van der Waals surface area contributed by atoms with Crippen molar-refractivity contribution < 1.29 is 9.53 Å². The van der Waals surface area contributed by atoms with Crippen molar-refractivity contribution in [3.05, 3.63) is 0 Å². The maximum absolute atomic E-state index is 11.5. The molecular formula is C15H24N2O2. The SMILES string of the molecule is CCCCC#C[C@H](OC)[C@H](C(C)C)N(C)C(=O)C#N. The number of carbonyl (C=O) groups excluding carboxylic acids is 1. The van der Waals surface area contributed by atoms with Crippen molar-refractivity contribution in [1.82, 2.24) is 4.90 Å².